The molecular weight excluding hydrogens is 412 g/mol. The van der Waals surface area contributed by atoms with Crippen LogP contribution in [0.2, 0.25) is 0 Å². The van der Waals surface area contributed by atoms with Crippen LogP contribution in [-0.4, -0.2) is 61.6 Å². The van der Waals surface area contributed by atoms with Crippen molar-refractivity contribution in [3.05, 3.63) is 42.5 Å². The molecule has 1 N–H and O–H groups in total. The predicted octanol–water partition coefficient (Wildman–Crippen LogP) is 1.67. The van der Waals surface area contributed by atoms with Gasteiger partial charge in [-0.25, -0.2) is 8.42 Å². The molecule has 0 fully saturated rings. The Balaban J connectivity index is 1.97. The van der Waals surface area contributed by atoms with Crippen LogP contribution in [0.15, 0.2) is 42.5 Å². The number of ether oxygens (including phenoxy) is 4. The van der Waals surface area contributed by atoms with E-state index in [0.717, 1.165) is 10.6 Å². The highest BCUT2D eigenvalue weighted by Crippen LogP contribution is 2.32. The molecule has 30 heavy (non-hydrogen) atoms. The molecule has 0 unspecified atom stereocenters. The molecule has 2 rings (SSSR count). The van der Waals surface area contributed by atoms with E-state index in [4.69, 9.17) is 18.9 Å². The number of carbonyl (C=O) groups is 1. The summed E-state index contributed by atoms with van der Waals surface area (Å²) in [7, 11) is 0.778. The van der Waals surface area contributed by atoms with Crippen molar-refractivity contribution in [1.29, 1.82) is 0 Å². The molecule has 1 amide bonds. The average Bonchev–Trinajstić information content (AvgIpc) is 2.74. The van der Waals surface area contributed by atoms with Crippen molar-refractivity contribution in [2.45, 2.75) is 0 Å². The van der Waals surface area contributed by atoms with Crippen molar-refractivity contribution >= 4 is 21.6 Å². The second-order valence-corrected chi connectivity index (χ2v) is 8.09. The number of benzene rings is 2. The van der Waals surface area contributed by atoms with Crippen molar-refractivity contribution in [2.75, 3.05) is 51.6 Å². The van der Waals surface area contributed by atoms with Crippen molar-refractivity contribution in [1.82, 2.24) is 5.32 Å². The number of hydrogen-bond donors (Lipinski definition) is 1. The van der Waals surface area contributed by atoms with Gasteiger partial charge in [0.2, 0.25) is 15.9 Å². The number of anilines is 1. The van der Waals surface area contributed by atoms with Crippen molar-refractivity contribution < 1.29 is 32.2 Å². The minimum absolute atomic E-state index is 0.208. The Bertz CT molecular complexity index is 963. The molecule has 0 aliphatic rings. The maximum atomic E-state index is 12.3. The molecule has 0 aromatic heterocycles. The number of rotatable bonds is 11. The summed E-state index contributed by atoms with van der Waals surface area (Å²) in [6, 6.07) is 11.7. The Morgan fingerprint density at radius 3 is 2.30 bits per heavy atom. The van der Waals surface area contributed by atoms with E-state index >= 15 is 0 Å². The minimum atomic E-state index is -3.71. The second kappa shape index (κ2) is 10.6. The van der Waals surface area contributed by atoms with Gasteiger partial charge in [-0.2, -0.15) is 0 Å². The van der Waals surface area contributed by atoms with Gasteiger partial charge < -0.3 is 24.3 Å². The second-order valence-electron chi connectivity index (χ2n) is 6.19. The monoisotopic (exact) mass is 438 g/mol. The van der Waals surface area contributed by atoms with E-state index < -0.39 is 15.9 Å². The Labute approximate surface area is 176 Å². The van der Waals surface area contributed by atoms with Crippen LogP contribution in [0.25, 0.3) is 0 Å². The first kappa shape index (κ1) is 23.1. The molecule has 2 aromatic carbocycles. The molecule has 0 radical (unpaired) electrons. The van der Waals surface area contributed by atoms with Gasteiger partial charge in [-0.1, -0.05) is 6.07 Å². The lowest BCUT2D eigenvalue weighted by molar-refractivity contribution is -0.119. The Hall–Kier alpha value is -3.14. The standard InChI is InChI=1S/C20H26N2O7S/c1-26-16-6-5-7-17(13-16)29-11-10-21-20(23)14-22(30(4,24)25)15-8-9-18(27-2)19(12-15)28-3/h5-9,12-13H,10-11,14H2,1-4H3,(H,21,23). The van der Waals surface area contributed by atoms with Crippen LogP contribution in [0, 0.1) is 0 Å². The third kappa shape index (κ3) is 6.45. The highest BCUT2D eigenvalue weighted by molar-refractivity contribution is 7.92. The van der Waals surface area contributed by atoms with E-state index in [9.17, 15) is 13.2 Å². The zero-order valence-corrected chi connectivity index (χ0v) is 18.2. The van der Waals surface area contributed by atoms with Gasteiger partial charge in [-0.15, -0.1) is 0 Å². The normalized spacial score (nSPS) is 10.8. The third-order valence-electron chi connectivity index (χ3n) is 4.08. The Morgan fingerprint density at radius 1 is 0.967 bits per heavy atom. The van der Waals surface area contributed by atoms with Crippen LogP contribution < -0.4 is 28.6 Å². The van der Waals surface area contributed by atoms with Crippen LogP contribution in [0.1, 0.15) is 0 Å². The lowest BCUT2D eigenvalue weighted by atomic mass is 10.2. The van der Waals surface area contributed by atoms with E-state index in [2.05, 4.69) is 5.32 Å². The molecule has 0 heterocycles. The maximum Gasteiger partial charge on any atom is 0.240 e. The quantitative estimate of drug-likeness (QED) is 0.532. The van der Waals surface area contributed by atoms with Gasteiger partial charge in [0, 0.05) is 12.1 Å². The molecule has 0 aliphatic heterocycles. The fraction of sp³-hybridized carbons (Fsp3) is 0.350. The SMILES string of the molecule is COc1cccc(OCCNC(=O)CN(c2ccc(OC)c(OC)c2)S(C)(=O)=O)c1. The smallest absolute Gasteiger partial charge is 0.240 e. The summed E-state index contributed by atoms with van der Waals surface area (Å²) < 4.78 is 46.5. The summed E-state index contributed by atoms with van der Waals surface area (Å²) in [5, 5.41) is 2.65. The maximum absolute atomic E-state index is 12.3. The number of nitrogens with one attached hydrogen (secondary N) is 1. The molecule has 9 nitrogen and oxygen atoms in total. The third-order valence-corrected chi connectivity index (χ3v) is 5.22. The zero-order chi connectivity index (χ0) is 22.1. The summed E-state index contributed by atoms with van der Waals surface area (Å²) in [5.41, 5.74) is 0.290. The number of methoxy groups -OCH3 is 3. The molecule has 0 aliphatic carbocycles. The molecular formula is C20H26N2O7S. The van der Waals surface area contributed by atoms with Crippen LogP contribution in [0.4, 0.5) is 5.69 Å². The number of hydrogen-bond acceptors (Lipinski definition) is 7. The van der Waals surface area contributed by atoms with Gasteiger partial charge in [0.25, 0.3) is 0 Å². The van der Waals surface area contributed by atoms with Crippen LogP contribution in [0.5, 0.6) is 23.0 Å². The van der Waals surface area contributed by atoms with E-state index in [1.54, 1.807) is 43.5 Å². The zero-order valence-electron chi connectivity index (χ0n) is 17.4. The van der Waals surface area contributed by atoms with Crippen LogP contribution in [0.3, 0.4) is 0 Å². The molecule has 164 valence electrons. The first-order valence-electron chi connectivity index (χ1n) is 9.01. The van der Waals surface area contributed by atoms with Gasteiger partial charge in [0.1, 0.15) is 24.7 Å². The fourth-order valence-electron chi connectivity index (χ4n) is 2.62. The number of carbonyl (C=O) groups excluding carboxylic acids is 1. The largest absolute Gasteiger partial charge is 0.497 e. The van der Waals surface area contributed by atoms with Crippen molar-refractivity contribution in [3.63, 3.8) is 0 Å². The molecule has 0 saturated carbocycles. The van der Waals surface area contributed by atoms with Gasteiger partial charge in [-0.3, -0.25) is 9.10 Å². The highest BCUT2D eigenvalue weighted by Gasteiger charge is 2.22. The van der Waals surface area contributed by atoms with E-state index in [1.165, 1.54) is 20.3 Å². The van der Waals surface area contributed by atoms with E-state index in [-0.39, 0.29) is 25.4 Å². The van der Waals surface area contributed by atoms with Gasteiger partial charge >= 0.3 is 0 Å². The molecule has 2 aromatic rings. The van der Waals surface area contributed by atoms with E-state index in [1.807, 2.05) is 0 Å². The molecule has 0 atom stereocenters. The Morgan fingerprint density at radius 2 is 1.67 bits per heavy atom. The summed E-state index contributed by atoms with van der Waals surface area (Å²) in [4.78, 5) is 12.3. The van der Waals surface area contributed by atoms with E-state index in [0.29, 0.717) is 23.0 Å². The Kier molecular flexibility index (Phi) is 8.16. The predicted molar refractivity (Wildman–Crippen MR) is 113 cm³/mol. The average molecular weight is 439 g/mol. The lowest BCUT2D eigenvalue weighted by Gasteiger charge is -2.23. The number of sulfonamides is 1. The van der Waals surface area contributed by atoms with Gasteiger partial charge in [0.15, 0.2) is 11.5 Å². The lowest BCUT2D eigenvalue weighted by Crippen LogP contribution is -2.41. The number of nitrogens with zero attached hydrogens (tertiary/aromatic N) is 1. The molecule has 0 spiro atoms. The molecule has 0 saturated heterocycles. The summed E-state index contributed by atoms with van der Waals surface area (Å²) in [6.07, 6.45) is 1.03. The highest BCUT2D eigenvalue weighted by atomic mass is 32.2. The number of amides is 1. The van der Waals surface area contributed by atoms with Crippen LogP contribution in [-0.2, 0) is 14.8 Å². The van der Waals surface area contributed by atoms with Crippen molar-refractivity contribution in [3.8, 4) is 23.0 Å². The molecule has 10 heteroatoms. The van der Waals surface area contributed by atoms with Gasteiger partial charge in [0.05, 0.1) is 39.8 Å². The summed E-state index contributed by atoms with van der Waals surface area (Å²) in [6.45, 7) is 0.0429. The molecule has 0 bridgehead atoms. The fourth-order valence-corrected chi connectivity index (χ4v) is 3.46. The first-order valence-corrected chi connectivity index (χ1v) is 10.9. The van der Waals surface area contributed by atoms with Crippen LogP contribution >= 0.6 is 0 Å². The topological polar surface area (TPSA) is 103 Å². The first-order chi connectivity index (χ1) is 14.3. The van der Waals surface area contributed by atoms with Crippen molar-refractivity contribution in [2.24, 2.45) is 0 Å². The summed E-state index contributed by atoms with van der Waals surface area (Å²) >= 11 is 0. The minimum Gasteiger partial charge on any atom is -0.497 e. The van der Waals surface area contributed by atoms with Gasteiger partial charge in [-0.05, 0) is 24.3 Å². The summed E-state index contributed by atoms with van der Waals surface area (Å²) in [5.74, 6) is 1.61.